The Labute approximate surface area is 132 Å². The summed E-state index contributed by atoms with van der Waals surface area (Å²) in [5.41, 5.74) is 0.700. The smallest absolute Gasteiger partial charge is 0.127 e. The maximum atomic E-state index is 14.0. The van der Waals surface area contributed by atoms with Gasteiger partial charge in [-0.2, -0.15) is 0 Å². The molecule has 1 aromatic carbocycles. The van der Waals surface area contributed by atoms with Crippen LogP contribution in [0.3, 0.4) is 0 Å². The topological polar surface area (TPSA) is 15.3 Å². The van der Waals surface area contributed by atoms with Crippen LogP contribution in [-0.4, -0.2) is 30.1 Å². The molecule has 0 aliphatic carbocycles. The average molecular weight is 313 g/mol. The second-order valence-corrected chi connectivity index (χ2v) is 6.90. The minimum Gasteiger partial charge on any atom is -0.311 e. The van der Waals surface area contributed by atoms with Crippen molar-refractivity contribution in [3.63, 3.8) is 0 Å². The molecule has 1 saturated heterocycles. The van der Waals surface area contributed by atoms with Crippen LogP contribution in [-0.2, 0) is 6.54 Å². The lowest BCUT2D eigenvalue weighted by Gasteiger charge is -2.40. The number of piperazine rings is 1. The second kappa shape index (κ2) is 7.57. The van der Waals surface area contributed by atoms with Gasteiger partial charge in [-0.1, -0.05) is 32.4 Å². The van der Waals surface area contributed by atoms with Crippen LogP contribution in [0.4, 0.5) is 4.39 Å². The SMILES string of the molecule is CCC1CNC(CC(C)C)CN1Cc1cc(Cl)ccc1F. The summed E-state index contributed by atoms with van der Waals surface area (Å²) < 4.78 is 14.0. The highest BCUT2D eigenvalue weighted by Crippen LogP contribution is 2.21. The normalized spacial score (nSPS) is 23.7. The largest absolute Gasteiger partial charge is 0.311 e. The number of nitrogens with one attached hydrogen (secondary N) is 1. The number of hydrogen-bond acceptors (Lipinski definition) is 2. The Balaban J connectivity index is 2.08. The molecule has 0 amide bonds. The van der Waals surface area contributed by atoms with Crippen molar-refractivity contribution in [2.45, 2.75) is 52.2 Å². The van der Waals surface area contributed by atoms with Crippen molar-refractivity contribution >= 4 is 11.6 Å². The highest BCUT2D eigenvalue weighted by Gasteiger charge is 2.27. The van der Waals surface area contributed by atoms with Crippen molar-refractivity contribution in [2.24, 2.45) is 5.92 Å². The lowest BCUT2D eigenvalue weighted by molar-refractivity contribution is 0.110. The zero-order chi connectivity index (χ0) is 15.4. The van der Waals surface area contributed by atoms with E-state index in [2.05, 4.69) is 31.0 Å². The Hall–Kier alpha value is -0.640. The van der Waals surface area contributed by atoms with Gasteiger partial charge in [0.05, 0.1) is 0 Å². The molecule has 1 aromatic rings. The van der Waals surface area contributed by atoms with Crippen LogP contribution in [0.25, 0.3) is 0 Å². The van der Waals surface area contributed by atoms with E-state index in [1.807, 2.05) is 0 Å². The van der Waals surface area contributed by atoms with Crippen molar-refractivity contribution in [3.8, 4) is 0 Å². The molecule has 1 heterocycles. The number of hydrogen-bond donors (Lipinski definition) is 1. The fraction of sp³-hybridized carbons (Fsp3) is 0.647. The van der Waals surface area contributed by atoms with Gasteiger partial charge in [-0.25, -0.2) is 4.39 Å². The third-order valence-electron chi connectivity index (χ3n) is 4.22. The van der Waals surface area contributed by atoms with Gasteiger partial charge >= 0.3 is 0 Å². The standard InChI is InChI=1S/C17H26ClFN2/c1-4-16-9-20-15(7-12(2)3)11-21(16)10-13-8-14(18)5-6-17(13)19/h5-6,8,12,15-16,20H,4,7,9-11H2,1-3H3. The summed E-state index contributed by atoms with van der Waals surface area (Å²) in [6, 6.07) is 5.79. The summed E-state index contributed by atoms with van der Waals surface area (Å²) in [5.74, 6) is 0.513. The lowest BCUT2D eigenvalue weighted by atomic mass is 9.98. The van der Waals surface area contributed by atoms with Gasteiger partial charge in [0, 0.05) is 42.3 Å². The van der Waals surface area contributed by atoms with Gasteiger partial charge in [-0.05, 0) is 37.0 Å². The number of halogens is 2. The van der Waals surface area contributed by atoms with Gasteiger partial charge in [0.1, 0.15) is 5.82 Å². The van der Waals surface area contributed by atoms with E-state index in [0.717, 1.165) is 25.9 Å². The lowest BCUT2D eigenvalue weighted by Crippen LogP contribution is -2.56. The minimum absolute atomic E-state index is 0.159. The third-order valence-corrected chi connectivity index (χ3v) is 4.46. The van der Waals surface area contributed by atoms with E-state index in [0.29, 0.717) is 35.1 Å². The van der Waals surface area contributed by atoms with Crippen molar-refractivity contribution in [1.82, 2.24) is 10.2 Å². The Morgan fingerprint density at radius 3 is 2.86 bits per heavy atom. The van der Waals surface area contributed by atoms with Crippen molar-refractivity contribution in [1.29, 1.82) is 0 Å². The highest BCUT2D eigenvalue weighted by molar-refractivity contribution is 6.30. The Morgan fingerprint density at radius 2 is 2.19 bits per heavy atom. The van der Waals surface area contributed by atoms with Gasteiger partial charge in [-0.15, -0.1) is 0 Å². The Kier molecular flexibility index (Phi) is 6.03. The summed E-state index contributed by atoms with van der Waals surface area (Å²) in [5, 5.41) is 4.24. The van der Waals surface area contributed by atoms with Gasteiger partial charge in [0.15, 0.2) is 0 Å². The minimum atomic E-state index is -0.159. The maximum Gasteiger partial charge on any atom is 0.127 e. The van der Waals surface area contributed by atoms with Crippen molar-refractivity contribution in [3.05, 3.63) is 34.6 Å². The predicted molar refractivity (Wildman–Crippen MR) is 87.1 cm³/mol. The number of rotatable bonds is 5. The zero-order valence-electron chi connectivity index (χ0n) is 13.2. The summed E-state index contributed by atoms with van der Waals surface area (Å²) in [6.07, 6.45) is 2.23. The molecule has 1 aliphatic heterocycles. The molecular formula is C17H26ClFN2. The molecular weight excluding hydrogens is 287 g/mol. The Bertz CT molecular complexity index is 464. The molecule has 2 atom stereocenters. The molecule has 1 N–H and O–H groups in total. The van der Waals surface area contributed by atoms with Crippen LogP contribution < -0.4 is 5.32 Å². The fourth-order valence-electron chi connectivity index (χ4n) is 3.13. The van der Waals surface area contributed by atoms with Crippen LogP contribution in [0.5, 0.6) is 0 Å². The van der Waals surface area contributed by atoms with Crippen molar-refractivity contribution < 1.29 is 4.39 Å². The molecule has 0 radical (unpaired) electrons. The average Bonchev–Trinajstić information content (AvgIpc) is 2.42. The van der Waals surface area contributed by atoms with E-state index in [9.17, 15) is 4.39 Å². The molecule has 0 aromatic heterocycles. The van der Waals surface area contributed by atoms with E-state index in [1.54, 1.807) is 12.1 Å². The molecule has 2 nitrogen and oxygen atoms in total. The molecule has 4 heteroatoms. The predicted octanol–water partition coefficient (Wildman–Crippen LogP) is 4.08. The third kappa shape index (κ3) is 4.67. The summed E-state index contributed by atoms with van der Waals surface area (Å²) in [4.78, 5) is 2.40. The van der Waals surface area contributed by atoms with Crippen LogP contribution in [0.1, 0.15) is 39.2 Å². The van der Waals surface area contributed by atoms with Crippen molar-refractivity contribution in [2.75, 3.05) is 13.1 Å². The van der Waals surface area contributed by atoms with Gasteiger partial charge in [0.25, 0.3) is 0 Å². The van der Waals surface area contributed by atoms with Gasteiger partial charge in [-0.3, -0.25) is 4.90 Å². The van der Waals surface area contributed by atoms with E-state index < -0.39 is 0 Å². The summed E-state index contributed by atoms with van der Waals surface area (Å²) >= 11 is 6.00. The molecule has 2 unspecified atom stereocenters. The second-order valence-electron chi connectivity index (χ2n) is 6.46. The summed E-state index contributed by atoms with van der Waals surface area (Å²) in [6.45, 7) is 9.28. The van der Waals surface area contributed by atoms with Crippen LogP contribution in [0.15, 0.2) is 18.2 Å². The molecule has 0 saturated carbocycles. The van der Waals surface area contributed by atoms with Crippen LogP contribution in [0, 0.1) is 11.7 Å². The molecule has 118 valence electrons. The first-order valence-electron chi connectivity index (χ1n) is 7.91. The quantitative estimate of drug-likeness (QED) is 0.881. The molecule has 0 spiro atoms. The molecule has 1 aliphatic rings. The number of benzene rings is 1. The van der Waals surface area contributed by atoms with E-state index in [4.69, 9.17) is 11.6 Å². The molecule has 0 bridgehead atoms. The van der Waals surface area contributed by atoms with E-state index in [-0.39, 0.29) is 5.82 Å². The van der Waals surface area contributed by atoms with Gasteiger partial charge < -0.3 is 5.32 Å². The molecule has 2 rings (SSSR count). The highest BCUT2D eigenvalue weighted by atomic mass is 35.5. The van der Waals surface area contributed by atoms with Crippen LogP contribution >= 0.6 is 11.6 Å². The molecule has 1 fully saturated rings. The maximum absolute atomic E-state index is 14.0. The van der Waals surface area contributed by atoms with E-state index >= 15 is 0 Å². The summed E-state index contributed by atoms with van der Waals surface area (Å²) in [7, 11) is 0. The fourth-order valence-corrected chi connectivity index (χ4v) is 3.33. The van der Waals surface area contributed by atoms with Gasteiger partial charge in [0.2, 0.25) is 0 Å². The first kappa shape index (κ1) is 16.7. The monoisotopic (exact) mass is 312 g/mol. The Morgan fingerprint density at radius 1 is 1.43 bits per heavy atom. The van der Waals surface area contributed by atoms with Crippen LogP contribution in [0.2, 0.25) is 5.02 Å². The number of nitrogens with zero attached hydrogens (tertiary/aromatic N) is 1. The first-order valence-corrected chi connectivity index (χ1v) is 8.28. The zero-order valence-corrected chi connectivity index (χ0v) is 14.0. The molecule has 21 heavy (non-hydrogen) atoms. The van der Waals surface area contributed by atoms with E-state index in [1.165, 1.54) is 6.07 Å². The first-order chi connectivity index (χ1) is 9.99.